The number of hydrogen-bond donors (Lipinski definition) is 0. The third-order valence-electron chi connectivity index (χ3n) is 3.59. The predicted molar refractivity (Wildman–Crippen MR) is 105 cm³/mol. The van der Waals surface area contributed by atoms with Crippen LogP contribution in [0.1, 0.15) is 5.56 Å². The SMILES string of the molecule is Cc1cccc(N(C)C(=S)Oc2ccc3ccccc3c2)c1.[PbH2]. The number of fused-ring (bicyclic) bond motifs is 1. The van der Waals surface area contributed by atoms with Crippen molar-refractivity contribution in [2.45, 2.75) is 6.92 Å². The Balaban J connectivity index is 0.00000192. The molecular weight excluding hydrogens is 497 g/mol. The van der Waals surface area contributed by atoms with Crippen LogP contribution in [0.5, 0.6) is 5.75 Å². The molecule has 3 rings (SSSR count). The van der Waals surface area contributed by atoms with Crippen molar-refractivity contribution < 1.29 is 4.74 Å². The van der Waals surface area contributed by atoms with Crippen molar-refractivity contribution in [3.05, 3.63) is 72.3 Å². The summed E-state index contributed by atoms with van der Waals surface area (Å²) in [7, 11) is 1.91. The summed E-state index contributed by atoms with van der Waals surface area (Å²) in [5.74, 6) is 0.753. The zero-order valence-electron chi connectivity index (χ0n) is 13.3. The second-order valence-corrected chi connectivity index (χ2v) is 5.62. The Morgan fingerprint density at radius 2 is 1.65 bits per heavy atom. The van der Waals surface area contributed by atoms with Gasteiger partial charge in [-0.15, -0.1) is 0 Å². The number of rotatable bonds is 2. The molecule has 0 aliphatic heterocycles. The quantitative estimate of drug-likeness (QED) is 0.377. The van der Waals surface area contributed by atoms with Crippen LogP contribution in [0.3, 0.4) is 0 Å². The molecule has 0 aliphatic carbocycles. The molecule has 0 saturated heterocycles. The first-order valence-electron chi connectivity index (χ1n) is 7.14. The molecule has 0 unspecified atom stereocenters. The van der Waals surface area contributed by atoms with Gasteiger partial charge in [0.2, 0.25) is 0 Å². The van der Waals surface area contributed by atoms with Crippen LogP contribution in [0.25, 0.3) is 10.8 Å². The first-order chi connectivity index (χ1) is 10.6. The molecule has 23 heavy (non-hydrogen) atoms. The van der Waals surface area contributed by atoms with Gasteiger partial charge < -0.3 is 9.64 Å². The molecule has 3 aromatic rings. The molecule has 0 aliphatic rings. The van der Waals surface area contributed by atoms with Crippen LogP contribution in [0.4, 0.5) is 5.69 Å². The normalized spacial score (nSPS) is 10.0. The van der Waals surface area contributed by atoms with Gasteiger partial charge in [0.25, 0.3) is 5.17 Å². The van der Waals surface area contributed by atoms with Gasteiger partial charge in [-0.3, -0.25) is 0 Å². The molecule has 3 aromatic carbocycles. The van der Waals surface area contributed by atoms with E-state index in [-0.39, 0.29) is 27.3 Å². The summed E-state index contributed by atoms with van der Waals surface area (Å²) in [5, 5.41) is 2.76. The second kappa shape index (κ2) is 7.88. The van der Waals surface area contributed by atoms with Gasteiger partial charge in [-0.25, -0.2) is 0 Å². The van der Waals surface area contributed by atoms with Crippen LogP contribution in [0.15, 0.2) is 66.7 Å². The molecule has 2 radical (unpaired) electrons. The molecule has 4 heteroatoms. The second-order valence-electron chi connectivity index (χ2n) is 5.27. The van der Waals surface area contributed by atoms with Gasteiger partial charge in [-0.05, 0) is 59.7 Å². The van der Waals surface area contributed by atoms with Gasteiger partial charge in [0, 0.05) is 12.7 Å². The van der Waals surface area contributed by atoms with Crippen molar-refractivity contribution in [2.24, 2.45) is 0 Å². The van der Waals surface area contributed by atoms with Crippen LogP contribution < -0.4 is 9.64 Å². The average Bonchev–Trinajstić information content (AvgIpc) is 2.54. The Labute approximate surface area is 162 Å². The molecule has 0 aromatic heterocycles. The number of ether oxygens (including phenoxy) is 1. The van der Waals surface area contributed by atoms with Crippen LogP contribution in [0.2, 0.25) is 0 Å². The van der Waals surface area contributed by atoms with Crippen molar-refractivity contribution in [2.75, 3.05) is 11.9 Å². The van der Waals surface area contributed by atoms with Crippen LogP contribution >= 0.6 is 12.2 Å². The number of thiocarbonyl (C=S) groups is 1. The zero-order valence-corrected chi connectivity index (χ0v) is 19.6. The van der Waals surface area contributed by atoms with Gasteiger partial charge in [-0.2, -0.15) is 0 Å². The molecule has 116 valence electrons. The van der Waals surface area contributed by atoms with E-state index in [0.717, 1.165) is 16.8 Å². The van der Waals surface area contributed by atoms with Gasteiger partial charge in [0.15, 0.2) is 0 Å². The minimum absolute atomic E-state index is 0. The molecule has 0 heterocycles. The van der Waals surface area contributed by atoms with E-state index >= 15 is 0 Å². The van der Waals surface area contributed by atoms with E-state index in [0.29, 0.717) is 5.17 Å². The topological polar surface area (TPSA) is 12.5 Å². The molecule has 0 N–H and O–H groups in total. The Kier molecular flexibility index (Phi) is 6.12. The molecule has 2 nitrogen and oxygen atoms in total. The summed E-state index contributed by atoms with van der Waals surface area (Å²) in [6.07, 6.45) is 0. The van der Waals surface area contributed by atoms with Gasteiger partial charge in [0.1, 0.15) is 5.75 Å². The number of anilines is 1. The Morgan fingerprint density at radius 1 is 0.913 bits per heavy atom. The molecule has 0 amide bonds. The van der Waals surface area contributed by atoms with Gasteiger partial charge >= 0.3 is 27.3 Å². The number of hydrogen-bond acceptors (Lipinski definition) is 2. The number of nitrogens with zero attached hydrogens (tertiary/aromatic N) is 1. The molecule has 0 spiro atoms. The molecule has 0 saturated carbocycles. The third-order valence-corrected chi connectivity index (χ3v) is 3.95. The summed E-state index contributed by atoms with van der Waals surface area (Å²) >= 11 is 5.41. The van der Waals surface area contributed by atoms with Crippen molar-refractivity contribution in [1.29, 1.82) is 0 Å². The van der Waals surface area contributed by atoms with E-state index in [2.05, 4.69) is 31.2 Å². The molecule has 0 fully saturated rings. The van der Waals surface area contributed by atoms with E-state index in [1.54, 1.807) is 0 Å². The summed E-state index contributed by atoms with van der Waals surface area (Å²) < 4.78 is 5.84. The van der Waals surface area contributed by atoms with Gasteiger partial charge in [0.05, 0.1) is 0 Å². The number of aryl methyl sites for hydroxylation is 1. The molecule has 0 atom stereocenters. The van der Waals surface area contributed by atoms with Crippen molar-refractivity contribution in [3.63, 3.8) is 0 Å². The maximum atomic E-state index is 5.84. The molecular formula is C19H19NOPbS. The minimum atomic E-state index is 0. The average molecular weight is 517 g/mol. The summed E-state index contributed by atoms with van der Waals surface area (Å²) in [6.45, 7) is 2.06. The summed E-state index contributed by atoms with van der Waals surface area (Å²) in [5.41, 5.74) is 2.21. The standard InChI is InChI=1S/C19H17NOS.Pb.2H/c1-14-6-5-9-17(12-14)20(2)19(22)21-18-11-10-15-7-3-4-8-16(15)13-18;;;/h3-13H,1-2H3;;;. The third kappa shape index (κ3) is 4.29. The van der Waals surface area contributed by atoms with Crippen LogP contribution in [-0.4, -0.2) is 39.5 Å². The monoisotopic (exact) mass is 517 g/mol. The van der Waals surface area contributed by atoms with Crippen molar-refractivity contribution in [3.8, 4) is 5.75 Å². The van der Waals surface area contributed by atoms with Gasteiger partial charge in [-0.1, -0.05) is 42.5 Å². The van der Waals surface area contributed by atoms with E-state index in [4.69, 9.17) is 17.0 Å². The Bertz CT molecular complexity index is 834. The fourth-order valence-electron chi connectivity index (χ4n) is 2.34. The fourth-order valence-corrected chi connectivity index (χ4v) is 2.54. The van der Waals surface area contributed by atoms with Crippen molar-refractivity contribution in [1.82, 2.24) is 0 Å². The van der Waals surface area contributed by atoms with Crippen molar-refractivity contribution >= 4 is 61.2 Å². The summed E-state index contributed by atoms with van der Waals surface area (Å²) in [4.78, 5) is 1.87. The van der Waals surface area contributed by atoms with Crippen LogP contribution in [-0.2, 0) is 0 Å². The zero-order chi connectivity index (χ0) is 15.5. The summed E-state index contributed by atoms with van der Waals surface area (Å²) in [6, 6.07) is 22.3. The first kappa shape index (κ1) is 17.9. The number of benzene rings is 3. The predicted octanol–water partition coefficient (Wildman–Crippen LogP) is 4.03. The molecule has 0 bridgehead atoms. The van der Waals surface area contributed by atoms with E-state index in [1.165, 1.54) is 10.9 Å². The van der Waals surface area contributed by atoms with Crippen LogP contribution in [0, 0.1) is 6.92 Å². The Morgan fingerprint density at radius 3 is 2.39 bits per heavy atom. The maximum absolute atomic E-state index is 5.84. The Hall–Kier alpha value is -1.47. The van der Waals surface area contributed by atoms with E-state index < -0.39 is 0 Å². The fraction of sp³-hybridized carbons (Fsp3) is 0.105. The van der Waals surface area contributed by atoms with E-state index in [1.807, 2.05) is 54.4 Å². The van der Waals surface area contributed by atoms with E-state index in [9.17, 15) is 0 Å². The first-order valence-corrected chi connectivity index (χ1v) is 7.55.